The first-order valence-corrected chi connectivity index (χ1v) is 6.60. The molecule has 0 fully saturated rings. The molecule has 3 atom stereocenters. The molecule has 0 saturated carbocycles. The van der Waals surface area contributed by atoms with Gasteiger partial charge in [0.2, 0.25) is 0 Å². The third-order valence-corrected chi connectivity index (χ3v) is 3.99. The Morgan fingerprint density at radius 2 is 1.92 bits per heavy atom. The summed E-state index contributed by atoms with van der Waals surface area (Å²) in [6, 6.07) is 0.487. The van der Waals surface area contributed by atoms with Crippen LogP contribution in [0.5, 0.6) is 0 Å². The number of hydrogen-bond donors (Lipinski definition) is 1. The monoisotopic (exact) mass is 205 g/mol. The Labute approximate surface area is 84.9 Å². The van der Waals surface area contributed by atoms with E-state index in [9.17, 15) is 4.21 Å². The lowest BCUT2D eigenvalue weighted by atomic mass is 10.2. The van der Waals surface area contributed by atoms with Crippen LogP contribution in [-0.2, 0) is 10.8 Å². The maximum absolute atomic E-state index is 11.6. The third kappa shape index (κ3) is 6.22. The van der Waals surface area contributed by atoms with Gasteiger partial charge in [0.15, 0.2) is 0 Å². The molecular formula is C10H23NOS. The van der Waals surface area contributed by atoms with Gasteiger partial charge in [-0.15, -0.1) is 0 Å². The van der Waals surface area contributed by atoms with Crippen molar-refractivity contribution >= 4 is 10.8 Å². The van der Waals surface area contributed by atoms with E-state index in [1.54, 1.807) is 0 Å². The van der Waals surface area contributed by atoms with E-state index in [2.05, 4.69) is 33.0 Å². The van der Waals surface area contributed by atoms with E-state index < -0.39 is 10.8 Å². The molecule has 1 N–H and O–H groups in total. The summed E-state index contributed by atoms with van der Waals surface area (Å²) in [6.45, 7) is 9.42. The Morgan fingerprint density at radius 3 is 2.38 bits per heavy atom. The van der Waals surface area contributed by atoms with Crippen LogP contribution >= 0.6 is 0 Å². The van der Waals surface area contributed by atoms with Crippen molar-refractivity contribution in [2.75, 3.05) is 12.3 Å². The average molecular weight is 205 g/mol. The van der Waals surface area contributed by atoms with Crippen LogP contribution in [0.4, 0.5) is 0 Å². The van der Waals surface area contributed by atoms with Crippen molar-refractivity contribution in [2.45, 2.75) is 51.8 Å². The van der Waals surface area contributed by atoms with Gasteiger partial charge in [0.1, 0.15) is 0 Å². The first-order valence-electron chi connectivity index (χ1n) is 5.22. The molecule has 0 aliphatic heterocycles. The third-order valence-electron chi connectivity index (χ3n) is 2.09. The van der Waals surface area contributed by atoms with Crippen LogP contribution in [-0.4, -0.2) is 27.8 Å². The highest BCUT2D eigenvalue weighted by atomic mass is 32.2. The molecule has 0 rings (SSSR count). The van der Waals surface area contributed by atoms with Crippen LogP contribution in [0.2, 0.25) is 0 Å². The molecule has 0 aromatic carbocycles. The van der Waals surface area contributed by atoms with Gasteiger partial charge >= 0.3 is 0 Å². The molecule has 0 aromatic rings. The van der Waals surface area contributed by atoms with E-state index >= 15 is 0 Å². The highest BCUT2D eigenvalue weighted by molar-refractivity contribution is 7.85. The van der Waals surface area contributed by atoms with Crippen molar-refractivity contribution < 1.29 is 4.21 Å². The van der Waals surface area contributed by atoms with E-state index in [0.717, 1.165) is 25.1 Å². The van der Waals surface area contributed by atoms with Crippen LogP contribution in [0.25, 0.3) is 0 Å². The van der Waals surface area contributed by atoms with Crippen LogP contribution in [0.15, 0.2) is 0 Å². The maximum Gasteiger partial charge on any atom is 0.0334 e. The van der Waals surface area contributed by atoms with Gasteiger partial charge in [-0.1, -0.05) is 20.8 Å². The van der Waals surface area contributed by atoms with Crippen LogP contribution < -0.4 is 5.32 Å². The van der Waals surface area contributed by atoms with E-state index in [1.807, 2.05) is 0 Å². The largest absolute Gasteiger partial charge is 0.314 e. The highest BCUT2D eigenvalue weighted by Gasteiger charge is 2.13. The maximum atomic E-state index is 11.6. The molecule has 3 unspecified atom stereocenters. The quantitative estimate of drug-likeness (QED) is 0.688. The molecule has 0 aliphatic rings. The molecule has 0 bridgehead atoms. The van der Waals surface area contributed by atoms with Gasteiger partial charge in [0, 0.05) is 27.8 Å². The fraction of sp³-hybridized carbons (Fsp3) is 1.00. The summed E-state index contributed by atoms with van der Waals surface area (Å²) < 4.78 is 11.6. The second-order valence-electron chi connectivity index (χ2n) is 3.59. The van der Waals surface area contributed by atoms with Crippen LogP contribution in [0, 0.1) is 0 Å². The molecule has 80 valence electrons. The molecule has 0 saturated heterocycles. The molecule has 0 radical (unpaired) electrons. The van der Waals surface area contributed by atoms with Gasteiger partial charge in [-0.2, -0.15) is 0 Å². The topological polar surface area (TPSA) is 29.1 Å². The predicted molar refractivity (Wildman–Crippen MR) is 60.5 cm³/mol. The van der Waals surface area contributed by atoms with Crippen molar-refractivity contribution in [3.05, 3.63) is 0 Å². The zero-order valence-corrected chi connectivity index (χ0v) is 10.1. The molecule has 0 aromatic heterocycles. The van der Waals surface area contributed by atoms with Gasteiger partial charge < -0.3 is 5.32 Å². The normalized spacial score (nSPS) is 18.2. The second kappa shape index (κ2) is 7.51. The number of hydrogen-bond acceptors (Lipinski definition) is 2. The summed E-state index contributed by atoms with van der Waals surface area (Å²) in [7, 11) is -0.629. The summed E-state index contributed by atoms with van der Waals surface area (Å²) in [4.78, 5) is 0. The molecule has 3 heteroatoms. The lowest BCUT2D eigenvalue weighted by Crippen LogP contribution is -2.30. The first kappa shape index (κ1) is 13.1. The van der Waals surface area contributed by atoms with Gasteiger partial charge in [-0.25, -0.2) is 0 Å². The minimum Gasteiger partial charge on any atom is -0.314 e. The summed E-state index contributed by atoms with van der Waals surface area (Å²) in [5, 5.41) is 3.67. The molecule has 0 spiro atoms. The lowest BCUT2D eigenvalue weighted by molar-refractivity contribution is 0.524. The minimum absolute atomic E-state index is 0.328. The minimum atomic E-state index is -0.629. The van der Waals surface area contributed by atoms with E-state index in [1.165, 1.54) is 0 Å². The standard InChI is InChI=1S/C10H23NOS/c1-5-7-13(12)10(4)8-9(3)11-6-2/h9-11H,5-8H2,1-4H3. The molecule has 0 aliphatic carbocycles. The van der Waals surface area contributed by atoms with Crippen LogP contribution in [0.3, 0.4) is 0 Å². The molecule has 0 amide bonds. The highest BCUT2D eigenvalue weighted by Crippen LogP contribution is 2.06. The average Bonchev–Trinajstić information content (AvgIpc) is 2.05. The van der Waals surface area contributed by atoms with Gasteiger partial charge in [0.25, 0.3) is 0 Å². The Hall–Kier alpha value is 0.110. The SMILES string of the molecule is CCCS(=O)C(C)CC(C)NCC. The summed E-state index contributed by atoms with van der Waals surface area (Å²) >= 11 is 0. The predicted octanol–water partition coefficient (Wildman–Crippen LogP) is 1.92. The second-order valence-corrected chi connectivity index (χ2v) is 5.56. The number of nitrogens with one attached hydrogen (secondary N) is 1. The lowest BCUT2D eigenvalue weighted by Gasteiger charge is -2.17. The Bertz CT molecular complexity index is 150. The van der Waals surface area contributed by atoms with Crippen molar-refractivity contribution in [1.29, 1.82) is 0 Å². The molecule has 0 heterocycles. The fourth-order valence-electron chi connectivity index (χ4n) is 1.44. The molecule has 2 nitrogen and oxygen atoms in total. The van der Waals surface area contributed by atoms with Crippen molar-refractivity contribution in [2.24, 2.45) is 0 Å². The molecular weight excluding hydrogens is 182 g/mol. The summed E-state index contributed by atoms with van der Waals surface area (Å²) in [5.74, 6) is 0.847. The van der Waals surface area contributed by atoms with Crippen molar-refractivity contribution in [3.8, 4) is 0 Å². The van der Waals surface area contributed by atoms with Crippen molar-refractivity contribution in [1.82, 2.24) is 5.32 Å². The number of rotatable bonds is 7. The van der Waals surface area contributed by atoms with Gasteiger partial charge in [-0.05, 0) is 26.3 Å². The van der Waals surface area contributed by atoms with Crippen molar-refractivity contribution in [3.63, 3.8) is 0 Å². The molecule has 13 heavy (non-hydrogen) atoms. The first-order chi connectivity index (χ1) is 6.11. The zero-order valence-electron chi connectivity index (χ0n) is 9.30. The van der Waals surface area contributed by atoms with Gasteiger partial charge in [-0.3, -0.25) is 4.21 Å². The Morgan fingerprint density at radius 1 is 1.31 bits per heavy atom. The smallest absolute Gasteiger partial charge is 0.0334 e. The van der Waals surface area contributed by atoms with Crippen LogP contribution in [0.1, 0.15) is 40.5 Å². The summed E-state index contributed by atoms with van der Waals surface area (Å²) in [5.41, 5.74) is 0. The van der Waals surface area contributed by atoms with Gasteiger partial charge in [0.05, 0.1) is 0 Å². The summed E-state index contributed by atoms with van der Waals surface area (Å²) in [6.07, 6.45) is 2.03. The zero-order chi connectivity index (χ0) is 10.3. The van der Waals surface area contributed by atoms with E-state index in [-0.39, 0.29) is 0 Å². The Balaban J connectivity index is 3.71. The van der Waals surface area contributed by atoms with E-state index in [0.29, 0.717) is 11.3 Å². The fourth-order valence-corrected chi connectivity index (χ4v) is 2.75. The van der Waals surface area contributed by atoms with E-state index in [4.69, 9.17) is 0 Å². The Kier molecular flexibility index (Phi) is 7.57.